The van der Waals surface area contributed by atoms with Gasteiger partial charge < -0.3 is 14.2 Å². The van der Waals surface area contributed by atoms with E-state index < -0.39 is 0 Å². The number of carbonyl (C=O) groups excluding carboxylic acids is 1. The number of methoxy groups -OCH3 is 1. The number of ketones is 1. The first kappa shape index (κ1) is 21.7. The van der Waals surface area contributed by atoms with Crippen LogP contribution >= 0.6 is 23.4 Å². The molecule has 162 valence electrons. The first-order valence-corrected chi connectivity index (χ1v) is 11.3. The van der Waals surface area contributed by atoms with Crippen molar-refractivity contribution in [1.82, 2.24) is 14.8 Å². The maximum Gasteiger partial charge on any atom is 0.192 e. The maximum absolute atomic E-state index is 12.8. The molecule has 0 fully saturated rings. The average Bonchev–Trinajstić information content (AvgIpc) is 3.03. The highest BCUT2D eigenvalue weighted by molar-refractivity contribution is 7.99. The minimum atomic E-state index is -0.0185. The van der Waals surface area contributed by atoms with Gasteiger partial charge in [-0.1, -0.05) is 23.4 Å². The SMILES string of the molecule is COCCn1c(SCC(=O)c2ccc3c(c2)OCCCO3)nnc1-c1ccc(Cl)cc1. The lowest BCUT2D eigenvalue weighted by atomic mass is 10.1. The topological polar surface area (TPSA) is 75.5 Å². The van der Waals surface area contributed by atoms with Gasteiger partial charge in [0, 0.05) is 29.7 Å². The molecule has 0 bridgehead atoms. The van der Waals surface area contributed by atoms with Gasteiger partial charge in [0.05, 0.1) is 32.1 Å². The van der Waals surface area contributed by atoms with Crippen LogP contribution in [0.2, 0.25) is 5.02 Å². The van der Waals surface area contributed by atoms with Gasteiger partial charge in [0.1, 0.15) is 0 Å². The molecule has 0 atom stereocenters. The number of fused-ring (bicyclic) bond motifs is 1. The van der Waals surface area contributed by atoms with Crippen molar-refractivity contribution < 1.29 is 19.0 Å². The third-order valence-corrected chi connectivity index (χ3v) is 5.96. The molecular formula is C22H22ClN3O4S. The second-order valence-electron chi connectivity index (χ2n) is 6.88. The summed E-state index contributed by atoms with van der Waals surface area (Å²) in [5.41, 5.74) is 1.48. The third-order valence-electron chi connectivity index (χ3n) is 4.74. The fourth-order valence-electron chi connectivity index (χ4n) is 3.14. The third kappa shape index (κ3) is 5.20. The highest BCUT2D eigenvalue weighted by Gasteiger charge is 2.18. The van der Waals surface area contributed by atoms with Crippen LogP contribution in [-0.4, -0.2) is 53.2 Å². The molecule has 0 N–H and O–H groups in total. The van der Waals surface area contributed by atoms with Crippen LogP contribution in [0.1, 0.15) is 16.8 Å². The summed E-state index contributed by atoms with van der Waals surface area (Å²) in [7, 11) is 1.65. The molecule has 0 radical (unpaired) electrons. The number of carbonyl (C=O) groups is 1. The molecule has 3 aromatic rings. The number of aromatic nitrogens is 3. The van der Waals surface area contributed by atoms with E-state index in [0.29, 0.717) is 59.4 Å². The molecule has 0 aliphatic carbocycles. The summed E-state index contributed by atoms with van der Waals surface area (Å²) in [4.78, 5) is 12.8. The normalized spacial score (nSPS) is 13.1. The van der Waals surface area contributed by atoms with E-state index in [1.165, 1.54) is 11.8 Å². The van der Waals surface area contributed by atoms with Crippen LogP contribution < -0.4 is 9.47 Å². The van der Waals surface area contributed by atoms with Crippen molar-refractivity contribution in [3.63, 3.8) is 0 Å². The lowest BCUT2D eigenvalue weighted by Crippen LogP contribution is -2.09. The number of thioether (sulfide) groups is 1. The van der Waals surface area contributed by atoms with Gasteiger partial charge in [0.2, 0.25) is 0 Å². The molecule has 31 heavy (non-hydrogen) atoms. The molecular weight excluding hydrogens is 438 g/mol. The fraction of sp³-hybridized carbons (Fsp3) is 0.318. The molecule has 0 amide bonds. The molecule has 0 saturated heterocycles. The smallest absolute Gasteiger partial charge is 0.192 e. The standard InChI is InChI=1S/C22H22ClN3O4S/c1-28-12-9-26-21(15-3-6-17(23)7-4-15)24-25-22(26)31-14-18(27)16-5-8-19-20(13-16)30-11-2-10-29-19/h3-8,13H,2,9-12,14H2,1H3. The van der Waals surface area contributed by atoms with Gasteiger partial charge >= 0.3 is 0 Å². The highest BCUT2D eigenvalue weighted by Crippen LogP contribution is 2.31. The van der Waals surface area contributed by atoms with Crippen LogP contribution in [0, 0.1) is 0 Å². The van der Waals surface area contributed by atoms with Gasteiger partial charge in [-0.15, -0.1) is 10.2 Å². The summed E-state index contributed by atoms with van der Waals surface area (Å²) in [6, 6.07) is 12.7. The number of rotatable bonds is 8. The Labute approximate surface area is 189 Å². The van der Waals surface area contributed by atoms with Gasteiger partial charge in [0.25, 0.3) is 0 Å². The van der Waals surface area contributed by atoms with Crippen molar-refractivity contribution in [2.45, 2.75) is 18.1 Å². The summed E-state index contributed by atoms with van der Waals surface area (Å²) >= 11 is 7.35. The molecule has 9 heteroatoms. The monoisotopic (exact) mass is 459 g/mol. The lowest BCUT2D eigenvalue weighted by Gasteiger charge is -2.10. The molecule has 0 spiro atoms. The summed E-state index contributed by atoms with van der Waals surface area (Å²) in [5.74, 6) is 2.20. The number of benzene rings is 2. The minimum Gasteiger partial charge on any atom is -0.490 e. The molecule has 0 unspecified atom stereocenters. The predicted octanol–water partition coefficient (Wildman–Crippen LogP) is 4.38. The average molecular weight is 460 g/mol. The highest BCUT2D eigenvalue weighted by atomic mass is 35.5. The number of Topliss-reactive ketones (excluding diaryl/α,β-unsaturated/α-hetero) is 1. The van der Waals surface area contributed by atoms with E-state index in [4.69, 9.17) is 25.8 Å². The maximum atomic E-state index is 12.8. The van der Waals surface area contributed by atoms with Crippen molar-refractivity contribution in [3.05, 3.63) is 53.1 Å². The van der Waals surface area contributed by atoms with Crippen LogP contribution in [0.4, 0.5) is 0 Å². The van der Waals surface area contributed by atoms with Crippen molar-refractivity contribution in [2.24, 2.45) is 0 Å². The second-order valence-corrected chi connectivity index (χ2v) is 8.26. The molecule has 7 nitrogen and oxygen atoms in total. The molecule has 1 aliphatic rings. The molecule has 1 aliphatic heterocycles. The Kier molecular flexibility index (Phi) is 7.11. The van der Waals surface area contributed by atoms with Gasteiger partial charge in [-0.05, 0) is 42.5 Å². The Morgan fingerprint density at radius 3 is 2.68 bits per heavy atom. The van der Waals surface area contributed by atoms with E-state index in [9.17, 15) is 4.79 Å². The van der Waals surface area contributed by atoms with Gasteiger partial charge in [-0.2, -0.15) is 0 Å². The quantitative estimate of drug-likeness (QED) is 0.365. The predicted molar refractivity (Wildman–Crippen MR) is 119 cm³/mol. The minimum absolute atomic E-state index is 0.0185. The Morgan fingerprint density at radius 1 is 1.13 bits per heavy atom. The molecule has 0 saturated carbocycles. The first-order valence-electron chi connectivity index (χ1n) is 9.89. The van der Waals surface area contributed by atoms with E-state index in [-0.39, 0.29) is 11.5 Å². The summed E-state index contributed by atoms with van der Waals surface area (Å²) in [6.45, 7) is 2.27. The second kappa shape index (κ2) is 10.2. The van der Waals surface area contributed by atoms with Crippen molar-refractivity contribution >= 4 is 29.1 Å². The Hall–Kier alpha value is -2.55. The number of hydrogen-bond acceptors (Lipinski definition) is 7. The van der Waals surface area contributed by atoms with Crippen LogP contribution in [0.15, 0.2) is 47.6 Å². The molecule has 1 aromatic heterocycles. The zero-order chi connectivity index (χ0) is 21.6. The molecule has 2 heterocycles. The zero-order valence-electron chi connectivity index (χ0n) is 17.0. The van der Waals surface area contributed by atoms with E-state index in [2.05, 4.69) is 10.2 Å². The number of ether oxygens (including phenoxy) is 3. The van der Waals surface area contributed by atoms with E-state index in [1.54, 1.807) is 25.3 Å². The first-order chi connectivity index (χ1) is 15.2. The largest absolute Gasteiger partial charge is 0.490 e. The van der Waals surface area contributed by atoms with Crippen molar-refractivity contribution in [2.75, 3.05) is 32.7 Å². The summed E-state index contributed by atoms with van der Waals surface area (Å²) in [5, 5.41) is 9.95. The van der Waals surface area contributed by atoms with E-state index in [1.807, 2.05) is 28.8 Å². The fourth-order valence-corrected chi connectivity index (χ4v) is 4.13. The van der Waals surface area contributed by atoms with Crippen LogP contribution in [0.3, 0.4) is 0 Å². The van der Waals surface area contributed by atoms with Crippen LogP contribution in [-0.2, 0) is 11.3 Å². The van der Waals surface area contributed by atoms with Crippen LogP contribution in [0.5, 0.6) is 11.5 Å². The van der Waals surface area contributed by atoms with E-state index in [0.717, 1.165) is 12.0 Å². The number of halogens is 1. The van der Waals surface area contributed by atoms with Crippen molar-refractivity contribution in [3.8, 4) is 22.9 Å². The summed E-state index contributed by atoms with van der Waals surface area (Å²) < 4.78 is 18.5. The van der Waals surface area contributed by atoms with Gasteiger partial charge in [-0.25, -0.2) is 0 Å². The van der Waals surface area contributed by atoms with E-state index >= 15 is 0 Å². The summed E-state index contributed by atoms with van der Waals surface area (Å²) in [6.07, 6.45) is 0.820. The zero-order valence-corrected chi connectivity index (χ0v) is 18.6. The van der Waals surface area contributed by atoms with Crippen LogP contribution in [0.25, 0.3) is 11.4 Å². The Bertz CT molecular complexity index is 1060. The Balaban J connectivity index is 1.50. The molecule has 2 aromatic carbocycles. The number of nitrogens with zero attached hydrogens (tertiary/aromatic N) is 3. The number of hydrogen-bond donors (Lipinski definition) is 0. The lowest BCUT2D eigenvalue weighted by molar-refractivity contribution is 0.102. The molecule has 4 rings (SSSR count). The Morgan fingerprint density at radius 2 is 1.90 bits per heavy atom. The van der Waals surface area contributed by atoms with Gasteiger partial charge in [0.15, 0.2) is 28.3 Å². The van der Waals surface area contributed by atoms with Crippen molar-refractivity contribution in [1.29, 1.82) is 0 Å². The van der Waals surface area contributed by atoms with Gasteiger partial charge in [-0.3, -0.25) is 9.36 Å².